The van der Waals surface area contributed by atoms with Crippen LogP contribution in [0.15, 0.2) is 58.6 Å². The number of fused-ring (bicyclic) bond motifs is 1. The van der Waals surface area contributed by atoms with Crippen LogP contribution in [0.3, 0.4) is 0 Å². The second-order valence-electron chi connectivity index (χ2n) is 5.95. The van der Waals surface area contributed by atoms with Gasteiger partial charge in [0, 0.05) is 12.2 Å². The summed E-state index contributed by atoms with van der Waals surface area (Å²) >= 11 is 1.35. The van der Waals surface area contributed by atoms with Gasteiger partial charge in [-0.05, 0) is 44.2 Å². The van der Waals surface area contributed by atoms with E-state index in [-0.39, 0.29) is 10.8 Å². The number of aromatic nitrogens is 2. The first-order chi connectivity index (χ1) is 12.8. The van der Waals surface area contributed by atoms with E-state index >= 15 is 0 Å². The average Bonchev–Trinajstić information content (AvgIpc) is 2.98. The van der Waals surface area contributed by atoms with E-state index in [9.17, 15) is 13.2 Å². The van der Waals surface area contributed by atoms with Crippen LogP contribution in [0.25, 0.3) is 11.0 Å². The normalized spacial score (nSPS) is 12.9. The molecule has 27 heavy (non-hydrogen) atoms. The second-order valence-corrected chi connectivity index (χ2v) is 8.82. The number of amides is 1. The highest BCUT2D eigenvalue weighted by atomic mass is 32.2. The van der Waals surface area contributed by atoms with Crippen molar-refractivity contribution in [3.8, 4) is 0 Å². The third-order valence-electron chi connectivity index (χ3n) is 4.02. The van der Waals surface area contributed by atoms with Crippen molar-refractivity contribution in [2.75, 3.05) is 5.32 Å². The van der Waals surface area contributed by atoms with Crippen LogP contribution < -0.4 is 10.5 Å². The van der Waals surface area contributed by atoms with Crippen molar-refractivity contribution >= 4 is 44.4 Å². The number of anilines is 1. The van der Waals surface area contributed by atoms with Crippen molar-refractivity contribution in [2.24, 2.45) is 5.14 Å². The first-order valence-electron chi connectivity index (χ1n) is 8.35. The maximum atomic E-state index is 12.5. The van der Waals surface area contributed by atoms with E-state index in [1.54, 1.807) is 13.0 Å². The molecule has 142 valence electrons. The predicted octanol–water partition coefficient (Wildman–Crippen LogP) is 2.82. The van der Waals surface area contributed by atoms with Gasteiger partial charge in [-0.15, -0.1) is 0 Å². The van der Waals surface area contributed by atoms with Gasteiger partial charge in [-0.1, -0.05) is 30.0 Å². The van der Waals surface area contributed by atoms with Crippen molar-refractivity contribution < 1.29 is 13.2 Å². The summed E-state index contributed by atoms with van der Waals surface area (Å²) in [6.45, 7) is 4.55. The van der Waals surface area contributed by atoms with Gasteiger partial charge < -0.3 is 9.88 Å². The van der Waals surface area contributed by atoms with Gasteiger partial charge in [0.2, 0.25) is 15.9 Å². The predicted molar refractivity (Wildman–Crippen MR) is 107 cm³/mol. The van der Waals surface area contributed by atoms with Crippen LogP contribution in [-0.4, -0.2) is 29.1 Å². The van der Waals surface area contributed by atoms with E-state index in [0.717, 1.165) is 22.7 Å². The van der Waals surface area contributed by atoms with E-state index < -0.39 is 15.3 Å². The summed E-state index contributed by atoms with van der Waals surface area (Å²) in [6, 6.07) is 13.7. The van der Waals surface area contributed by atoms with Crippen LogP contribution in [0.5, 0.6) is 0 Å². The largest absolute Gasteiger partial charge is 0.325 e. The molecule has 0 spiro atoms. The summed E-state index contributed by atoms with van der Waals surface area (Å²) in [5.74, 6) is -0.249. The molecule has 2 aromatic carbocycles. The minimum absolute atomic E-state index is 0.0478. The van der Waals surface area contributed by atoms with E-state index in [0.29, 0.717) is 5.69 Å². The quantitative estimate of drug-likeness (QED) is 0.614. The van der Waals surface area contributed by atoms with Gasteiger partial charge in [0.15, 0.2) is 5.16 Å². The fourth-order valence-corrected chi connectivity index (χ4v) is 4.20. The fraction of sp³-hybridized carbons (Fsp3) is 0.222. The molecular formula is C18H20N4O3S2. The van der Waals surface area contributed by atoms with Crippen LogP contribution in [0, 0.1) is 0 Å². The number of thioether (sulfide) groups is 1. The topological polar surface area (TPSA) is 107 Å². The van der Waals surface area contributed by atoms with Crippen molar-refractivity contribution in [3.05, 3.63) is 48.5 Å². The molecule has 0 fully saturated rings. The Labute approximate surface area is 162 Å². The number of para-hydroxylation sites is 2. The number of carbonyl (C=O) groups is 1. The molecule has 1 heterocycles. The van der Waals surface area contributed by atoms with Crippen LogP contribution in [0.2, 0.25) is 0 Å². The zero-order chi connectivity index (χ0) is 19.6. The number of nitrogens with two attached hydrogens (primary N) is 1. The SMILES string of the molecule is CCn1c(SC(C)C(=O)Nc2cccc(S(N)(=O)=O)c2)nc2ccccc21. The van der Waals surface area contributed by atoms with Crippen molar-refractivity contribution in [2.45, 2.75) is 35.7 Å². The zero-order valence-electron chi connectivity index (χ0n) is 14.9. The lowest BCUT2D eigenvalue weighted by molar-refractivity contribution is -0.115. The van der Waals surface area contributed by atoms with E-state index in [1.807, 2.05) is 31.2 Å². The van der Waals surface area contributed by atoms with Gasteiger partial charge in [0.1, 0.15) is 0 Å². The molecular weight excluding hydrogens is 384 g/mol. The first kappa shape index (κ1) is 19.4. The number of primary sulfonamides is 1. The van der Waals surface area contributed by atoms with Crippen molar-refractivity contribution in [3.63, 3.8) is 0 Å². The van der Waals surface area contributed by atoms with Gasteiger partial charge in [0.25, 0.3) is 0 Å². The smallest absolute Gasteiger partial charge is 0.238 e. The molecule has 3 N–H and O–H groups in total. The second kappa shape index (κ2) is 7.71. The molecule has 0 radical (unpaired) electrons. The number of nitrogens with zero attached hydrogens (tertiary/aromatic N) is 2. The van der Waals surface area contributed by atoms with Gasteiger partial charge in [-0.2, -0.15) is 0 Å². The highest BCUT2D eigenvalue weighted by Gasteiger charge is 2.19. The Bertz CT molecular complexity index is 1090. The highest BCUT2D eigenvalue weighted by Crippen LogP contribution is 2.28. The summed E-state index contributed by atoms with van der Waals surface area (Å²) in [5, 5.41) is 8.20. The zero-order valence-corrected chi connectivity index (χ0v) is 16.5. The number of sulfonamides is 1. The van der Waals surface area contributed by atoms with Gasteiger partial charge in [0.05, 0.1) is 21.2 Å². The molecule has 9 heteroatoms. The number of benzene rings is 2. The summed E-state index contributed by atoms with van der Waals surface area (Å²) in [4.78, 5) is 17.1. The maximum absolute atomic E-state index is 12.5. The standard InChI is InChI=1S/C18H20N4O3S2/c1-3-22-16-10-5-4-9-15(16)21-18(22)26-12(2)17(23)20-13-7-6-8-14(11-13)27(19,24)25/h4-12H,3H2,1-2H3,(H,20,23)(H2,19,24,25). The monoisotopic (exact) mass is 404 g/mol. The van der Waals surface area contributed by atoms with Crippen LogP contribution >= 0.6 is 11.8 Å². The van der Waals surface area contributed by atoms with Crippen LogP contribution in [-0.2, 0) is 21.4 Å². The molecule has 7 nitrogen and oxygen atoms in total. The summed E-state index contributed by atoms with van der Waals surface area (Å²) in [6.07, 6.45) is 0. The molecule has 0 aliphatic rings. The molecule has 0 bridgehead atoms. The molecule has 0 saturated carbocycles. The summed E-state index contributed by atoms with van der Waals surface area (Å²) < 4.78 is 25.0. The third kappa shape index (κ3) is 4.32. The number of imidazole rings is 1. The third-order valence-corrected chi connectivity index (χ3v) is 6.02. The first-order valence-corrected chi connectivity index (χ1v) is 10.8. The highest BCUT2D eigenvalue weighted by molar-refractivity contribution is 8.00. The number of carbonyl (C=O) groups excluding carboxylic acids is 1. The Balaban J connectivity index is 1.77. The Morgan fingerprint density at radius 2 is 2.00 bits per heavy atom. The Kier molecular flexibility index (Phi) is 5.54. The van der Waals surface area contributed by atoms with Crippen molar-refractivity contribution in [1.29, 1.82) is 0 Å². The van der Waals surface area contributed by atoms with E-state index in [2.05, 4.69) is 14.9 Å². The Hall–Kier alpha value is -2.36. The van der Waals surface area contributed by atoms with Crippen LogP contribution in [0.1, 0.15) is 13.8 Å². The number of nitrogens with one attached hydrogen (secondary N) is 1. The van der Waals surface area contributed by atoms with Crippen LogP contribution in [0.4, 0.5) is 5.69 Å². The van der Waals surface area contributed by atoms with Gasteiger partial charge in [-0.25, -0.2) is 18.5 Å². The van der Waals surface area contributed by atoms with E-state index in [4.69, 9.17) is 5.14 Å². The number of rotatable bonds is 6. The number of hydrogen-bond acceptors (Lipinski definition) is 5. The molecule has 0 aliphatic heterocycles. The summed E-state index contributed by atoms with van der Waals surface area (Å²) in [7, 11) is -3.82. The molecule has 3 rings (SSSR count). The lowest BCUT2D eigenvalue weighted by Crippen LogP contribution is -2.23. The van der Waals surface area contributed by atoms with Gasteiger partial charge in [-0.3, -0.25) is 4.79 Å². The molecule has 1 atom stereocenters. The molecule has 1 unspecified atom stereocenters. The number of aryl methyl sites for hydroxylation is 1. The molecule has 0 aliphatic carbocycles. The minimum Gasteiger partial charge on any atom is -0.325 e. The summed E-state index contributed by atoms with van der Waals surface area (Å²) in [5.41, 5.74) is 2.29. The molecule has 0 saturated heterocycles. The Morgan fingerprint density at radius 3 is 2.70 bits per heavy atom. The molecule has 3 aromatic rings. The molecule has 1 aromatic heterocycles. The van der Waals surface area contributed by atoms with Crippen molar-refractivity contribution in [1.82, 2.24) is 9.55 Å². The lowest BCUT2D eigenvalue weighted by Gasteiger charge is -2.13. The molecule has 1 amide bonds. The lowest BCUT2D eigenvalue weighted by atomic mass is 10.3. The average molecular weight is 405 g/mol. The minimum atomic E-state index is -3.82. The van der Waals surface area contributed by atoms with Gasteiger partial charge >= 0.3 is 0 Å². The maximum Gasteiger partial charge on any atom is 0.238 e. The number of hydrogen-bond donors (Lipinski definition) is 2. The Morgan fingerprint density at radius 1 is 1.26 bits per heavy atom. The van der Waals surface area contributed by atoms with E-state index in [1.165, 1.54) is 30.0 Å². The fourth-order valence-electron chi connectivity index (χ4n) is 2.66.